The van der Waals surface area contributed by atoms with E-state index in [-0.39, 0.29) is 0 Å². The number of fused-ring (bicyclic) bond motifs is 14. The van der Waals surface area contributed by atoms with Crippen LogP contribution in [0.5, 0.6) is 0 Å². The number of hydrogen-bond acceptors (Lipinski definition) is 5. The number of H-pyrrole nitrogens is 2. The molecule has 2 N–H and O–H groups in total. The zero-order valence-corrected chi connectivity index (χ0v) is 17.2. The van der Waals surface area contributed by atoms with E-state index in [2.05, 4.69) is 57.3 Å². The third-order valence-corrected chi connectivity index (χ3v) is 8.76. The molecular formula is C22H10N4S3. The van der Waals surface area contributed by atoms with E-state index in [4.69, 9.17) is 9.97 Å². The van der Waals surface area contributed by atoms with Gasteiger partial charge in [-0.15, -0.1) is 22.7 Å². The lowest BCUT2D eigenvalue weighted by molar-refractivity contribution is 1.53. The first-order valence-electron chi connectivity index (χ1n) is 9.27. The maximum Gasteiger partial charge on any atom is 0.101 e. The highest BCUT2D eigenvalue weighted by Gasteiger charge is 2.24. The van der Waals surface area contributed by atoms with E-state index in [0.29, 0.717) is 0 Å². The molecule has 0 radical (unpaired) electrons. The van der Waals surface area contributed by atoms with Crippen LogP contribution < -0.4 is 0 Å². The second-order valence-electron chi connectivity index (χ2n) is 7.28. The highest BCUT2D eigenvalue weighted by molar-refractivity contribution is 7.27. The van der Waals surface area contributed by atoms with Crippen molar-refractivity contribution in [2.24, 2.45) is 0 Å². The Balaban J connectivity index is 1.71. The molecule has 7 heteroatoms. The van der Waals surface area contributed by atoms with Crippen molar-refractivity contribution < 1.29 is 0 Å². The van der Waals surface area contributed by atoms with Crippen LogP contribution in [0.25, 0.3) is 73.4 Å². The molecule has 0 aliphatic rings. The Bertz CT molecular complexity index is 1790. The summed E-state index contributed by atoms with van der Waals surface area (Å²) in [4.78, 5) is 10.3. The Morgan fingerprint density at radius 1 is 0.586 bits per heavy atom. The molecule has 3 aromatic carbocycles. The van der Waals surface area contributed by atoms with Gasteiger partial charge in [0.1, 0.15) is 11.0 Å². The molecule has 5 heterocycles. The molecule has 0 fully saturated rings. The summed E-state index contributed by atoms with van der Waals surface area (Å²) in [6.45, 7) is 0. The maximum atomic E-state index is 5.14. The van der Waals surface area contributed by atoms with Crippen LogP contribution in [-0.2, 0) is 0 Å². The SMILES string of the molecule is c1ccc2c(c1)sc1c2nc2c3nc4c5ccccc5sc4c3c3[nH]s[nH]c3c21. The lowest BCUT2D eigenvalue weighted by atomic mass is 10.1. The Labute approximate surface area is 174 Å². The highest BCUT2D eigenvalue weighted by atomic mass is 32.1. The molecule has 0 unspecified atom stereocenters. The van der Waals surface area contributed by atoms with Gasteiger partial charge >= 0.3 is 0 Å². The lowest BCUT2D eigenvalue weighted by Crippen LogP contribution is -1.78. The molecule has 8 rings (SSSR count). The average Bonchev–Trinajstić information content (AvgIpc) is 3.51. The van der Waals surface area contributed by atoms with Crippen molar-refractivity contribution in [1.82, 2.24) is 18.7 Å². The van der Waals surface area contributed by atoms with Crippen LogP contribution >= 0.6 is 34.4 Å². The second-order valence-corrected chi connectivity index (χ2v) is 10.00. The average molecular weight is 427 g/mol. The molecule has 0 saturated carbocycles. The fraction of sp³-hybridized carbons (Fsp3) is 0. The summed E-state index contributed by atoms with van der Waals surface area (Å²) in [7, 11) is 0. The van der Waals surface area contributed by atoms with Crippen LogP contribution in [0.1, 0.15) is 0 Å². The van der Waals surface area contributed by atoms with E-state index in [1.807, 2.05) is 22.7 Å². The molecule has 4 nitrogen and oxygen atoms in total. The number of benzene rings is 3. The summed E-state index contributed by atoms with van der Waals surface area (Å²) < 4.78 is 12.0. The summed E-state index contributed by atoms with van der Waals surface area (Å²) >= 11 is 5.16. The van der Waals surface area contributed by atoms with Crippen LogP contribution in [0.4, 0.5) is 0 Å². The fourth-order valence-corrected chi connectivity index (χ4v) is 7.62. The van der Waals surface area contributed by atoms with Gasteiger partial charge in [-0.05, 0) is 12.1 Å². The number of hydrogen-bond donors (Lipinski definition) is 2. The Morgan fingerprint density at radius 2 is 1.07 bits per heavy atom. The molecule has 0 aliphatic heterocycles. The molecule has 0 amide bonds. The molecule has 136 valence electrons. The number of nitrogens with one attached hydrogen (secondary N) is 2. The van der Waals surface area contributed by atoms with Crippen molar-refractivity contribution in [3.05, 3.63) is 48.5 Å². The number of aromatic amines is 2. The third kappa shape index (κ3) is 1.67. The van der Waals surface area contributed by atoms with Gasteiger partial charge in [-0.3, -0.25) is 8.75 Å². The van der Waals surface area contributed by atoms with E-state index in [1.54, 1.807) is 0 Å². The van der Waals surface area contributed by atoms with Crippen molar-refractivity contribution in [3.63, 3.8) is 0 Å². The molecule has 29 heavy (non-hydrogen) atoms. The van der Waals surface area contributed by atoms with Gasteiger partial charge in [0.25, 0.3) is 0 Å². The van der Waals surface area contributed by atoms with Crippen molar-refractivity contribution in [2.45, 2.75) is 0 Å². The van der Waals surface area contributed by atoms with E-state index in [9.17, 15) is 0 Å². The van der Waals surface area contributed by atoms with Gasteiger partial charge in [-0.1, -0.05) is 36.4 Å². The Kier molecular flexibility index (Phi) is 2.54. The van der Waals surface area contributed by atoms with Gasteiger partial charge in [-0.25, -0.2) is 9.97 Å². The molecule has 0 bridgehead atoms. The van der Waals surface area contributed by atoms with Crippen molar-refractivity contribution >= 4 is 108 Å². The summed E-state index contributed by atoms with van der Waals surface area (Å²) in [6.07, 6.45) is 0. The first kappa shape index (κ1) is 14.9. The minimum atomic E-state index is 1.01. The number of nitrogens with zero attached hydrogens (tertiary/aromatic N) is 2. The predicted molar refractivity (Wildman–Crippen MR) is 127 cm³/mol. The normalized spacial score (nSPS) is 12.8. The molecule has 5 aromatic heterocycles. The zero-order valence-electron chi connectivity index (χ0n) is 14.7. The summed E-state index contributed by atoms with van der Waals surface area (Å²) in [5.41, 5.74) is 6.47. The van der Waals surface area contributed by atoms with Crippen molar-refractivity contribution in [1.29, 1.82) is 0 Å². The van der Waals surface area contributed by atoms with Gasteiger partial charge < -0.3 is 0 Å². The van der Waals surface area contributed by atoms with E-state index < -0.39 is 0 Å². The van der Waals surface area contributed by atoms with E-state index >= 15 is 0 Å². The lowest BCUT2D eigenvalue weighted by Gasteiger charge is -1.97. The standard InChI is InChI=1S/C22H10N4S3/c1-3-7-11-9(5-1)15-21(27-11)13-17(23-15)18-14(20-19(13)25-29-26-20)22-16(24-18)10-6-2-4-8-12(10)28-22/h1-8,25-26H. The van der Waals surface area contributed by atoms with Gasteiger partial charge in [0.05, 0.1) is 31.5 Å². The second kappa shape index (κ2) is 4.94. The van der Waals surface area contributed by atoms with Gasteiger partial charge in [0.15, 0.2) is 0 Å². The molecule has 0 spiro atoms. The van der Waals surface area contributed by atoms with E-state index in [1.165, 1.54) is 52.1 Å². The summed E-state index contributed by atoms with van der Waals surface area (Å²) in [6, 6.07) is 17.1. The summed E-state index contributed by atoms with van der Waals surface area (Å²) in [5.74, 6) is 0. The van der Waals surface area contributed by atoms with E-state index in [0.717, 1.165) is 33.1 Å². The molecular weight excluding hydrogens is 416 g/mol. The number of aromatic nitrogens is 4. The van der Waals surface area contributed by atoms with Crippen LogP contribution in [0.3, 0.4) is 0 Å². The molecule has 0 aliphatic carbocycles. The number of rotatable bonds is 0. The fourth-order valence-electron chi connectivity index (χ4n) is 4.56. The molecule has 8 aromatic rings. The van der Waals surface area contributed by atoms with Crippen LogP contribution in [0.15, 0.2) is 48.5 Å². The smallest absolute Gasteiger partial charge is 0.101 e. The van der Waals surface area contributed by atoms with Crippen molar-refractivity contribution in [3.8, 4) is 0 Å². The monoisotopic (exact) mass is 426 g/mol. The maximum absolute atomic E-state index is 5.14. The first-order chi connectivity index (χ1) is 14.4. The zero-order chi connectivity index (χ0) is 18.7. The third-order valence-electron chi connectivity index (χ3n) is 5.79. The molecule has 0 atom stereocenters. The largest absolute Gasteiger partial charge is 0.294 e. The van der Waals surface area contributed by atoms with Crippen LogP contribution in [0, 0.1) is 0 Å². The van der Waals surface area contributed by atoms with Gasteiger partial charge in [-0.2, -0.15) is 0 Å². The molecule has 0 saturated heterocycles. The van der Waals surface area contributed by atoms with Crippen LogP contribution in [-0.4, -0.2) is 18.7 Å². The Morgan fingerprint density at radius 3 is 1.59 bits per heavy atom. The van der Waals surface area contributed by atoms with Gasteiger partial charge in [0, 0.05) is 42.7 Å². The quantitative estimate of drug-likeness (QED) is 0.266. The van der Waals surface area contributed by atoms with Crippen LogP contribution in [0.2, 0.25) is 0 Å². The first-order valence-corrected chi connectivity index (χ1v) is 11.7. The Hall–Kier alpha value is -3.00. The predicted octanol–water partition coefficient (Wildman–Crippen LogP) is 7.39. The minimum Gasteiger partial charge on any atom is -0.294 e. The minimum absolute atomic E-state index is 1.01. The summed E-state index contributed by atoms with van der Waals surface area (Å²) in [5, 5.41) is 4.83. The highest BCUT2D eigenvalue weighted by Crippen LogP contribution is 2.47. The van der Waals surface area contributed by atoms with Gasteiger partial charge in [0.2, 0.25) is 0 Å². The topological polar surface area (TPSA) is 57.4 Å². The number of thiophene rings is 2. The van der Waals surface area contributed by atoms with Crippen molar-refractivity contribution in [2.75, 3.05) is 0 Å².